The molecule has 0 aliphatic rings. The topological polar surface area (TPSA) is 59.8 Å². The number of carbonyl (C=O) groups excluding carboxylic acids is 1. The van der Waals surface area contributed by atoms with Crippen LogP contribution in [0.2, 0.25) is 0 Å². The minimum Gasteiger partial charge on any atom is -0.348 e. The highest BCUT2D eigenvalue weighted by Crippen LogP contribution is 2.08. The molecule has 0 unspecified atom stereocenters. The Balaban J connectivity index is 1.63. The van der Waals surface area contributed by atoms with Gasteiger partial charge >= 0.3 is 0 Å². The zero-order valence-electron chi connectivity index (χ0n) is 12.3. The van der Waals surface area contributed by atoms with Crippen LogP contribution in [0.1, 0.15) is 21.5 Å². The van der Waals surface area contributed by atoms with Crippen molar-refractivity contribution in [3.63, 3.8) is 0 Å². The Bertz CT molecular complexity index is 785. The molecule has 23 heavy (non-hydrogen) atoms. The molecule has 0 saturated carbocycles. The molecule has 1 amide bonds. The highest BCUT2D eigenvalue weighted by molar-refractivity contribution is 5.94. The molecule has 0 radical (unpaired) electrons. The molecule has 1 aromatic heterocycles. The molecule has 2 aromatic carbocycles. The Morgan fingerprint density at radius 3 is 2.70 bits per heavy atom. The first-order valence-electron chi connectivity index (χ1n) is 7.15. The van der Waals surface area contributed by atoms with Crippen molar-refractivity contribution in [2.75, 3.05) is 0 Å². The molecule has 116 valence electrons. The number of aromatic nitrogens is 3. The summed E-state index contributed by atoms with van der Waals surface area (Å²) in [5.74, 6) is -0.462. The summed E-state index contributed by atoms with van der Waals surface area (Å²) in [5.41, 5.74) is 2.38. The van der Waals surface area contributed by atoms with Crippen LogP contribution in [-0.2, 0) is 13.1 Å². The average Bonchev–Trinajstić information content (AvgIpc) is 3.07. The number of nitrogens with one attached hydrogen (secondary N) is 1. The van der Waals surface area contributed by atoms with Crippen LogP contribution < -0.4 is 5.32 Å². The lowest BCUT2D eigenvalue weighted by molar-refractivity contribution is 0.0951. The molecule has 0 spiro atoms. The zero-order chi connectivity index (χ0) is 16.1. The van der Waals surface area contributed by atoms with E-state index in [4.69, 9.17) is 0 Å². The van der Waals surface area contributed by atoms with Gasteiger partial charge < -0.3 is 5.32 Å². The second kappa shape index (κ2) is 6.83. The van der Waals surface area contributed by atoms with Gasteiger partial charge in [-0.05, 0) is 35.4 Å². The van der Waals surface area contributed by atoms with Crippen LogP contribution in [-0.4, -0.2) is 20.7 Å². The van der Waals surface area contributed by atoms with Crippen LogP contribution >= 0.6 is 0 Å². The van der Waals surface area contributed by atoms with Gasteiger partial charge in [0.05, 0.1) is 6.54 Å². The Kier molecular flexibility index (Phi) is 4.42. The predicted octanol–water partition coefficient (Wildman–Crippen LogP) is 2.40. The number of halogens is 1. The molecule has 1 N–H and O–H groups in total. The summed E-state index contributed by atoms with van der Waals surface area (Å²) >= 11 is 0. The molecule has 1 heterocycles. The third-order valence-corrected chi connectivity index (χ3v) is 3.37. The van der Waals surface area contributed by atoms with Crippen molar-refractivity contribution >= 4 is 5.91 Å². The summed E-state index contributed by atoms with van der Waals surface area (Å²) in [7, 11) is 0. The van der Waals surface area contributed by atoms with Crippen molar-refractivity contribution in [2.45, 2.75) is 13.1 Å². The van der Waals surface area contributed by atoms with Crippen LogP contribution in [0.4, 0.5) is 4.39 Å². The summed E-state index contributed by atoms with van der Waals surface area (Å²) in [6.07, 6.45) is 3.10. The van der Waals surface area contributed by atoms with E-state index in [1.54, 1.807) is 29.2 Å². The predicted molar refractivity (Wildman–Crippen MR) is 83.1 cm³/mol. The lowest BCUT2D eigenvalue weighted by Crippen LogP contribution is -2.22. The quantitative estimate of drug-likeness (QED) is 0.787. The molecule has 5 nitrogen and oxygen atoms in total. The highest BCUT2D eigenvalue weighted by atomic mass is 19.1. The summed E-state index contributed by atoms with van der Waals surface area (Å²) in [5, 5.41) is 6.87. The van der Waals surface area contributed by atoms with Crippen LogP contribution in [0.25, 0.3) is 0 Å². The maximum absolute atomic E-state index is 12.9. The normalized spacial score (nSPS) is 10.5. The zero-order valence-corrected chi connectivity index (χ0v) is 12.3. The summed E-state index contributed by atoms with van der Waals surface area (Å²) in [4.78, 5) is 16.1. The van der Waals surface area contributed by atoms with Gasteiger partial charge in [-0.15, -0.1) is 0 Å². The van der Waals surface area contributed by atoms with Crippen LogP contribution in [0.5, 0.6) is 0 Å². The molecule has 0 atom stereocenters. The number of amides is 1. The van der Waals surface area contributed by atoms with Gasteiger partial charge in [-0.3, -0.25) is 4.79 Å². The van der Waals surface area contributed by atoms with E-state index in [0.717, 1.165) is 11.1 Å². The van der Waals surface area contributed by atoms with Crippen molar-refractivity contribution in [1.82, 2.24) is 20.1 Å². The molecule has 0 bridgehead atoms. The van der Waals surface area contributed by atoms with E-state index >= 15 is 0 Å². The molecular formula is C17H15FN4O. The number of hydrogen-bond acceptors (Lipinski definition) is 3. The van der Waals surface area contributed by atoms with E-state index < -0.39 is 0 Å². The lowest BCUT2D eigenvalue weighted by atomic mass is 10.1. The second-order valence-corrected chi connectivity index (χ2v) is 5.10. The average molecular weight is 310 g/mol. The van der Waals surface area contributed by atoms with Crippen LogP contribution in [0.15, 0.2) is 61.2 Å². The standard InChI is InChI=1S/C17H15FN4O/c18-16-6-4-13(5-7-16)9-20-17(23)15-3-1-2-14(8-15)10-22-12-19-11-21-22/h1-8,11-12H,9-10H2,(H,20,23). The second-order valence-electron chi connectivity index (χ2n) is 5.10. The maximum atomic E-state index is 12.9. The van der Waals surface area contributed by atoms with Gasteiger partial charge in [0, 0.05) is 12.1 Å². The Morgan fingerprint density at radius 2 is 1.96 bits per heavy atom. The molecule has 0 saturated heterocycles. The van der Waals surface area contributed by atoms with E-state index in [2.05, 4.69) is 15.4 Å². The molecule has 6 heteroatoms. The van der Waals surface area contributed by atoms with Crippen molar-refractivity contribution < 1.29 is 9.18 Å². The first-order valence-corrected chi connectivity index (χ1v) is 7.15. The van der Waals surface area contributed by atoms with Gasteiger partial charge in [-0.2, -0.15) is 5.10 Å². The van der Waals surface area contributed by atoms with Crippen molar-refractivity contribution in [1.29, 1.82) is 0 Å². The number of benzene rings is 2. The smallest absolute Gasteiger partial charge is 0.251 e. The minimum atomic E-state index is -0.291. The molecule has 0 aliphatic heterocycles. The molecule has 0 aliphatic carbocycles. The first kappa shape index (κ1) is 14.9. The fourth-order valence-electron chi connectivity index (χ4n) is 2.20. The fourth-order valence-corrected chi connectivity index (χ4v) is 2.20. The highest BCUT2D eigenvalue weighted by Gasteiger charge is 2.06. The van der Waals surface area contributed by atoms with Gasteiger partial charge in [-0.25, -0.2) is 14.1 Å². The maximum Gasteiger partial charge on any atom is 0.251 e. The first-order chi connectivity index (χ1) is 11.2. The van der Waals surface area contributed by atoms with Gasteiger partial charge in [0.15, 0.2) is 0 Å². The van der Waals surface area contributed by atoms with Gasteiger partial charge in [-0.1, -0.05) is 24.3 Å². The Morgan fingerprint density at radius 1 is 1.13 bits per heavy atom. The summed E-state index contributed by atoms with van der Waals surface area (Å²) in [6.45, 7) is 0.908. The van der Waals surface area contributed by atoms with Gasteiger partial charge in [0.2, 0.25) is 0 Å². The van der Waals surface area contributed by atoms with Crippen LogP contribution in [0.3, 0.4) is 0 Å². The third kappa shape index (κ3) is 4.00. The number of carbonyl (C=O) groups is 1. The van der Waals surface area contributed by atoms with E-state index in [-0.39, 0.29) is 11.7 Å². The number of rotatable bonds is 5. The fraction of sp³-hybridized carbons (Fsp3) is 0.118. The molecular weight excluding hydrogens is 295 g/mol. The van der Waals surface area contributed by atoms with Crippen molar-refractivity contribution in [3.05, 3.63) is 83.7 Å². The van der Waals surface area contributed by atoms with E-state index in [1.807, 2.05) is 18.2 Å². The van der Waals surface area contributed by atoms with Crippen LogP contribution in [0, 0.1) is 5.82 Å². The molecule has 3 rings (SSSR count). The van der Waals surface area contributed by atoms with Crippen molar-refractivity contribution in [3.8, 4) is 0 Å². The summed E-state index contributed by atoms with van der Waals surface area (Å²) in [6, 6.07) is 13.4. The molecule has 3 aromatic rings. The largest absolute Gasteiger partial charge is 0.348 e. The summed E-state index contributed by atoms with van der Waals surface area (Å²) < 4.78 is 14.5. The Labute approximate surface area is 132 Å². The van der Waals surface area contributed by atoms with E-state index in [9.17, 15) is 9.18 Å². The number of nitrogens with zero attached hydrogens (tertiary/aromatic N) is 3. The lowest BCUT2D eigenvalue weighted by Gasteiger charge is -2.07. The van der Waals surface area contributed by atoms with E-state index in [0.29, 0.717) is 18.7 Å². The van der Waals surface area contributed by atoms with Gasteiger partial charge in [0.25, 0.3) is 5.91 Å². The monoisotopic (exact) mass is 310 g/mol. The Hall–Kier alpha value is -3.02. The van der Waals surface area contributed by atoms with Crippen molar-refractivity contribution in [2.24, 2.45) is 0 Å². The number of hydrogen-bond donors (Lipinski definition) is 1. The third-order valence-electron chi connectivity index (χ3n) is 3.37. The van der Waals surface area contributed by atoms with Gasteiger partial charge in [0.1, 0.15) is 18.5 Å². The van der Waals surface area contributed by atoms with E-state index in [1.165, 1.54) is 18.5 Å². The SMILES string of the molecule is O=C(NCc1ccc(F)cc1)c1cccc(Cn2cncn2)c1. The molecule has 0 fully saturated rings. The minimum absolute atomic E-state index is 0.172.